The third kappa shape index (κ3) is 2.72. The number of halogens is 1. The summed E-state index contributed by atoms with van der Waals surface area (Å²) in [5.41, 5.74) is 1.14. The minimum atomic E-state index is -0.00714. The zero-order chi connectivity index (χ0) is 16.0. The van der Waals surface area contributed by atoms with Gasteiger partial charge in [-0.3, -0.25) is 4.79 Å². The molecule has 0 amide bonds. The van der Waals surface area contributed by atoms with Gasteiger partial charge in [0, 0.05) is 18.7 Å². The van der Waals surface area contributed by atoms with Crippen molar-refractivity contribution in [2.75, 3.05) is 0 Å². The second-order valence-corrected chi connectivity index (χ2v) is 7.53. The van der Waals surface area contributed by atoms with Crippen molar-refractivity contribution in [3.63, 3.8) is 0 Å². The van der Waals surface area contributed by atoms with E-state index in [9.17, 15) is 9.90 Å². The molecule has 0 spiro atoms. The van der Waals surface area contributed by atoms with Gasteiger partial charge in [0.2, 0.25) is 5.78 Å². The van der Waals surface area contributed by atoms with Crippen LogP contribution in [0.5, 0.6) is 5.88 Å². The first-order valence-corrected chi connectivity index (χ1v) is 8.68. The first-order chi connectivity index (χ1) is 11.1. The van der Waals surface area contributed by atoms with Gasteiger partial charge < -0.3 is 5.11 Å². The number of aromatic hydroxyl groups is 1. The van der Waals surface area contributed by atoms with E-state index in [4.69, 9.17) is 11.6 Å². The summed E-state index contributed by atoms with van der Waals surface area (Å²) >= 11 is 7.25. The molecule has 0 aliphatic heterocycles. The Bertz CT molecular complexity index is 898. The quantitative estimate of drug-likeness (QED) is 0.569. The van der Waals surface area contributed by atoms with Crippen molar-refractivity contribution in [3.05, 3.63) is 45.6 Å². The monoisotopic (exact) mass is 348 g/mol. The minimum Gasteiger partial charge on any atom is -0.475 e. The maximum atomic E-state index is 12.6. The molecule has 7 heteroatoms. The van der Waals surface area contributed by atoms with Crippen molar-refractivity contribution < 1.29 is 14.5 Å². The van der Waals surface area contributed by atoms with E-state index in [0.29, 0.717) is 29.0 Å². The third-order valence-electron chi connectivity index (χ3n) is 4.10. The predicted octanol–water partition coefficient (Wildman–Crippen LogP) is 3.07. The standard InChI is InChI=1S/C16H14ClN3O2S/c17-16-18-8-11(23-16)9-20-13-3-1-2-6-19(13)14(15(20)22)12(21)7-10-4-5-10/h1-3,6,8,10H,4-5,7,9H2/p+1. The van der Waals surface area contributed by atoms with Crippen molar-refractivity contribution in [3.8, 4) is 5.88 Å². The first-order valence-electron chi connectivity index (χ1n) is 7.48. The highest BCUT2D eigenvalue weighted by atomic mass is 35.5. The van der Waals surface area contributed by atoms with Crippen LogP contribution in [0.15, 0.2) is 30.6 Å². The topological polar surface area (TPSA) is 58.5 Å². The lowest BCUT2D eigenvalue weighted by molar-refractivity contribution is -0.667. The Balaban J connectivity index is 1.80. The molecule has 118 valence electrons. The van der Waals surface area contributed by atoms with Crippen molar-refractivity contribution >= 4 is 34.4 Å². The van der Waals surface area contributed by atoms with E-state index in [-0.39, 0.29) is 11.7 Å². The molecule has 0 aromatic carbocycles. The lowest BCUT2D eigenvalue weighted by Crippen LogP contribution is -2.33. The summed E-state index contributed by atoms with van der Waals surface area (Å²) in [5, 5.41) is 10.7. The van der Waals surface area contributed by atoms with Crippen molar-refractivity contribution in [2.24, 2.45) is 5.92 Å². The van der Waals surface area contributed by atoms with Gasteiger partial charge in [-0.15, -0.1) is 11.3 Å². The fraction of sp³-hybridized carbons (Fsp3) is 0.312. The molecule has 0 unspecified atom stereocenters. The SMILES string of the molecule is O=C(CC1CC1)c1c(O)[n+](Cc2cnc(Cl)s2)c2ccccn12. The Labute approximate surface area is 141 Å². The fourth-order valence-corrected chi connectivity index (χ4v) is 3.76. The number of Topliss-reactive ketones (excluding diaryl/α,β-unsaturated/α-hetero) is 1. The summed E-state index contributed by atoms with van der Waals surface area (Å²) in [5.74, 6) is 0.476. The molecule has 3 aromatic rings. The van der Waals surface area contributed by atoms with Crippen LogP contribution in [0.1, 0.15) is 34.6 Å². The van der Waals surface area contributed by atoms with Crippen molar-refractivity contribution in [1.29, 1.82) is 0 Å². The Morgan fingerprint density at radius 3 is 3.00 bits per heavy atom. The molecule has 1 saturated carbocycles. The maximum absolute atomic E-state index is 12.6. The second-order valence-electron chi connectivity index (χ2n) is 5.84. The molecule has 4 rings (SSSR count). The molecule has 3 aromatic heterocycles. The largest absolute Gasteiger partial charge is 0.475 e. The van der Waals surface area contributed by atoms with Crippen LogP contribution in [0, 0.1) is 5.92 Å². The molecular formula is C16H15ClN3O2S+. The minimum absolute atomic E-state index is 0.00590. The van der Waals surface area contributed by atoms with E-state index < -0.39 is 0 Å². The summed E-state index contributed by atoms with van der Waals surface area (Å²) in [6.07, 6.45) is 6.22. The van der Waals surface area contributed by atoms with E-state index in [1.807, 2.05) is 24.4 Å². The lowest BCUT2D eigenvalue weighted by atomic mass is 10.1. The molecule has 0 atom stereocenters. The van der Waals surface area contributed by atoms with Crippen LogP contribution in [0.25, 0.3) is 5.65 Å². The Kier molecular flexibility index (Phi) is 3.58. The van der Waals surface area contributed by atoms with Crippen LogP contribution < -0.4 is 4.57 Å². The number of carbonyl (C=O) groups excluding carboxylic acids is 1. The smallest absolute Gasteiger partial charge is 0.335 e. The highest BCUT2D eigenvalue weighted by Gasteiger charge is 2.34. The number of nitrogens with zero attached hydrogens (tertiary/aromatic N) is 3. The average Bonchev–Trinajstić information content (AvgIpc) is 3.18. The molecular weight excluding hydrogens is 334 g/mol. The molecule has 23 heavy (non-hydrogen) atoms. The van der Waals surface area contributed by atoms with Gasteiger partial charge in [0.05, 0.1) is 11.1 Å². The average molecular weight is 349 g/mol. The second kappa shape index (κ2) is 5.62. The van der Waals surface area contributed by atoms with Gasteiger partial charge in [-0.1, -0.05) is 17.7 Å². The zero-order valence-corrected chi connectivity index (χ0v) is 13.8. The summed E-state index contributed by atoms with van der Waals surface area (Å²) in [7, 11) is 0. The van der Waals surface area contributed by atoms with E-state index in [0.717, 1.165) is 23.4 Å². The third-order valence-corrected chi connectivity index (χ3v) is 5.20. The Morgan fingerprint density at radius 1 is 1.48 bits per heavy atom. The highest BCUT2D eigenvalue weighted by Crippen LogP contribution is 2.34. The van der Waals surface area contributed by atoms with Gasteiger partial charge >= 0.3 is 5.88 Å². The van der Waals surface area contributed by atoms with E-state index >= 15 is 0 Å². The number of hydrogen-bond acceptors (Lipinski definition) is 4. The maximum Gasteiger partial charge on any atom is 0.335 e. The number of pyridine rings is 1. The molecule has 0 bridgehead atoms. The molecule has 1 aliphatic carbocycles. The van der Waals surface area contributed by atoms with Gasteiger partial charge in [-0.2, -0.15) is 8.97 Å². The van der Waals surface area contributed by atoms with Gasteiger partial charge in [-0.05, 0) is 24.8 Å². The number of carbonyl (C=O) groups is 1. The van der Waals surface area contributed by atoms with Gasteiger partial charge in [0.1, 0.15) is 6.54 Å². The van der Waals surface area contributed by atoms with Crippen molar-refractivity contribution in [2.45, 2.75) is 25.8 Å². The molecule has 0 radical (unpaired) electrons. The zero-order valence-electron chi connectivity index (χ0n) is 12.3. The summed E-state index contributed by atoms with van der Waals surface area (Å²) in [6, 6.07) is 5.63. The van der Waals surface area contributed by atoms with Crippen LogP contribution in [0.4, 0.5) is 0 Å². The number of thiazole rings is 1. The summed E-state index contributed by atoms with van der Waals surface area (Å²) in [6.45, 7) is 0.431. The van der Waals surface area contributed by atoms with Crippen LogP contribution >= 0.6 is 22.9 Å². The first kappa shape index (κ1) is 14.7. The number of hydrogen-bond donors (Lipinski definition) is 1. The van der Waals surface area contributed by atoms with Crippen LogP contribution in [-0.4, -0.2) is 20.3 Å². The van der Waals surface area contributed by atoms with Gasteiger partial charge in [0.25, 0.3) is 11.3 Å². The molecule has 1 aliphatic rings. The van der Waals surface area contributed by atoms with Gasteiger partial charge in [-0.25, -0.2) is 4.98 Å². The molecule has 1 N–H and O–H groups in total. The van der Waals surface area contributed by atoms with E-state index in [2.05, 4.69) is 4.98 Å². The number of fused-ring (bicyclic) bond motifs is 1. The van der Waals surface area contributed by atoms with Crippen LogP contribution in [0.2, 0.25) is 4.47 Å². The predicted molar refractivity (Wildman–Crippen MR) is 87.2 cm³/mol. The Hall–Kier alpha value is -1.92. The number of ketones is 1. The molecule has 1 fully saturated rings. The Morgan fingerprint density at radius 2 is 2.30 bits per heavy atom. The summed E-state index contributed by atoms with van der Waals surface area (Å²) in [4.78, 5) is 17.5. The molecule has 0 saturated heterocycles. The summed E-state index contributed by atoms with van der Waals surface area (Å²) < 4.78 is 3.96. The van der Waals surface area contributed by atoms with Crippen LogP contribution in [-0.2, 0) is 6.54 Å². The fourth-order valence-electron chi connectivity index (χ4n) is 2.80. The number of rotatable bonds is 5. The van der Waals surface area contributed by atoms with Crippen molar-refractivity contribution in [1.82, 2.24) is 9.38 Å². The molecule has 3 heterocycles. The molecule has 5 nitrogen and oxygen atoms in total. The van der Waals surface area contributed by atoms with Crippen LogP contribution in [0.3, 0.4) is 0 Å². The van der Waals surface area contributed by atoms with E-state index in [1.54, 1.807) is 15.2 Å². The number of aromatic nitrogens is 3. The van der Waals surface area contributed by atoms with Gasteiger partial charge in [0.15, 0.2) is 4.47 Å². The number of imidazole rings is 1. The van der Waals surface area contributed by atoms with E-state index in [1.165, 1.54) is 11.3 Å². The normalized spacial score (nSPS) is 14.5. The lowest BCUT2D eigenvalue weighted by Gasteiger charge is -1.96. The highest BCUT2D eigenvalue weighted by molar-refractivity contribution is 7.15.